The summed E-state index contributed by atoms with van der Waals surface area (Å²) in [4.78, 5) is 26.0. The van der Waals surface area contributed by atoms with Crippen LogP contribution in [-0.4, -0.2) is 28.3 Å². The topological polar surface area (TPSA) is 73.2 Å². The number of amides is 1. The Kier molecular flexibility index (Phi) is 5.41. The van der Waals surface area contributed by atoms with Gasteiger partial charge in [-0.3, -0.25) is 9.48 Å². The van der Waals surface area contributed by atoms with Crippen LogP contribution >= 0.6 is 11.3 Å². The number of fused-ring (bicyclic) bond motifs is 2. The smallest absolute Gasteiger partial charge is 0.348 e. The first-order valence-electron chi connectivity index (χ1n) is 9.93. The van der Waals surface area contributed by atoms with Crippen molar-refractivity contribution in [2.75, 3.05) is 6.61 Å². The summed E-state index contributed by atoms with van der Waals surface area (Å²) in [5.74, 6) is -0.787. The molecule has 0 saturated carbocycles. The Morgan fingerprint density at radius 2 is 2.00 bits per heavy atom. The van der Waals surface area contributed by atoms with Gasteiger partial charge in [0.2, 0.25) is 0 Å². The van der Waals surface area contributed by atoms with Crippen LogP contribution in [0, 0.1) is 6.92 Å². The molecule has 152 valence electrons. The molecular weight excluding hydrogens is 386 g/mol. The molecule has 6 nitrogen and oxygen atoms in total. The SMILES string of the molecule is Cc1nn(C)c2sc(C(=O)OCC(=O)NC(C)c3ccc4c(c3)CCCC4)cc12. The molecule has 1 unspecified atom stereocenters. The van der Waals surface area contributed by atoms with E-state index < -0.39 is 5.97 Å². The lowest BCUT2D eigenvalue weighted by molar-refractivity contribution is -0.124. The van der Waals surface area contributed by atoms with Crippen molar-refractivity contribution >= 4 is 33.4 Å². The van der Waals surface area contributed by atoms with Crippen molar-refractivity contribution in [2.45, 2.75) is 45.6 Å². The van der Waals surface area contributed by atoms with Crippen LogP contribution in [0.25, 0.3) is 10.2 Å². The Bertz CT molecular complexity index is 1050. The molecule has 3 aromatic rings. The maximum absolute atomic E-state index is 12.3. The zero-order valence-corrected chi connectivity index (χ0v) is 17.8. The number of benzene rings is 1. The molecule has 0 radical (unpaired) electrons. The quantitative estimate of drug-likeness (QED) is 0.647. The molecule has 0 fully saturated rings. The number of hydrogen-bond donors (Lipinski definition) is 1. The number of nitrogens with one attached hydrogen (secondary N) is 1. The zero-order valence-electron chi connectivity index (χ0n) is 16.9. The van der Waals surface area contributed by atoms with Crippen LogP contribution in [0.2, 0.25) is 0 Å². The number of rotatable bonds is 5. The second kappa shape index (κ2) is 7.99. The van der Waals surface area contributed by atoms with Gasteiger partial charge in [0.15, 0.2) is 6.61 Å². The third kappa shape index (κ3) is 4.05. The van der Waals surface area contributed by atoms with E-state index in [9.17, 15) is 9.59 Å². The number of carbonyl (C=O) groups is 2. The summed E-state index contributed by atoms with van der Waals surface area (Å²) >= 11 is 1.32. The largest absolute Gasteiger partial charge is 0.451 e. The van der Waals surface area contributed by atoms with Gasteiger partial charge in [-0.05, 0) is 62.3 Å². The average Bonchev–Trinajstić information content (AvgIpc) is 3.27. The predicted molar refractivity (Wildman–Crippen MR) is 113 cm³/mol. The summed E-state index contributed by atoms with van der Waals surface area (Å²) in [6.45, 7) is 3.56. The van der Waals surface area contributed by atoms with Crippen LogP contribution in [0.5, 0.6) is 0 Å². The van der Waals surface area contributed by atoms with E-state index in [-0.39, 0.29) is 18.6 Å². The molecule has 1 aromatic carbocycles. The van der Waals surface area contributed by atoms with Crippen molar-refractivity contribution in [1.29, 1.82) is 0 Å². The first-order valence-corrected chi connectivity index (χ1v) is 10.8. The average molecular weight is 412 g/mol. The summed E-state index contributed by atoms with van der Waals surface area (Å²) < 4.78 is 6.97. The number of esters is 1. The minimum Gasteiger partial charge on any atom is -0.451 e. The van der Waals surface area contributed by atoms with E-state index in [1.165, 1.54) is 35.3 Å². The minimum atomic E-state index is -0.484. The zero-order chi connectivity index (χ0) is 20.5. The molecule has 2 aromatic heterocycles. The van der Waals surface area contributed by atoms with Crippen molar-refractivity contribution < 1.29 is 14.3 Å². The minimum absolute atomic E-state index is 0.133. The molecule has 7 heteroatoms. The third-order valence-corrected chi connectivity index (χ3v) is 6.66. The highest BCUT2D eigenvalue weighted by Gasteiger charge is 2.18. The molecular formula is C22H25N3O3S. The van der Waals surface area contributed by atoms with E-state index >= 15 is 0 Å². The molecule has 1 aliphatic rings. The molecule has 0 spiro atoms. The van der Waals surface area contributed by atoms with Crippen LogP contribution in [0.3, 0.4) is 0 Å². The Balaban J connectivity index is 1.34. The summed E-state index contributed by atoms with van der Waals surface area (Å²) in [6.07, 6.45) is 4.71. The Labute approximate surface area is 173 Å². The van der Waals surface area contributed by atoms with Crippen LogP contribution < -0.4 is 5.32 Å². The predicted octanol–water partition coefficient (Wildman–Crippen LogP) is 3.86. The maximum Gasteiger partial charge on any atom is 0.348 e. The number of hydrogen-bond acceptors (Lipinski definition) is 5. The third-order valence-electron chi connectivity index (χ3n) is 5.48. The van der Waals surface area contributed by atoms with Gasteiger partial charge in [0.1, 0.15) is 9.71 Å². The molecule has 1 atom stereocenters. The van der Waals surface area contributed by atoms with Crippen LogP contribution in [0.4, 0.5) is 0 Å². The fourth-order valence-corrected chi connectivity index (χ4v) is 4.91. The van der Waals surface area contributed by atoms with Gasteiger partial charge in [0.25, 0.3) is 5.91 Å². The van der Waals surface area contributed by atoms with Gasteiger partial charge in [-0.1, -0.05) is 18.2 Å². The highest BCUT2D eigenvalue weighted by molar-refractivity contribution is 7.20. The number of aromatic nitrogens is 2. The molecule has 0 bridgehead atoms. The lowest BCUT2D eigenvalue weighted by Crippen LogP contribution is -2.31. The molecule has 0 saturated heterocycles. The summed E-state index contributed by atoms with van der Waals surface area (Å²) in [5, 5.41) is 8.19. The molecule has 1 N–H and O–H groups in total. The van der Waals surface area contributed by atoms with Crippen molar-refractivity contribution in [3.05, 3.63) is 51.5 Å². The Morgan fingerprint density at radius 1 is 1.24 bits per heavy atom. The lowest BCUT2D eigenvalue weighted by atomic mass is 9.89. The van der Waals surface area contributed by atoms with Gasteiger partial charge >= 0.3 is 5.97 Å². The second-order valence-electron chi connectivity index (χ2n) is 7.64. The molecule has 1 aliphatic carbocycles. The van der Waals surface area contributed by atoms with Gasteiger partial charge in [0, 0.05) is 12.4 Å². The first-order chi connectivity index (χ1) is 13.9. The summed E-state index contributed by atoms with van der Waals surface area (Å²) in [7, 11) is 1.84. The fraction of sp³-hybridized carbons (Fsp3) is 0.409. The Hall–Kier alpha value is -2.67. The normalized spacial score (nSPS) is 14.4. The van der Waals surface area contributed by atoms with E-state index in [1.54, 1.807) is 10.7 Å². The second-order valence-corrected chi connectivity index (χ2v) is 8.67. The number of thiophene rings is 1. The lowest BCUT2D eigenvalue weighted by Gasteiger charge is -2.20. The van der Waals surface area contributed by atoms with E-state index in [2.05, 4.69) is 28.6 Å². The van der Waals surface area contributed by atoms with E-state index in [0.717, 1.165) is 34.3 Å². The van der Waals surface area contributed by atoms with Crippen molar-refractivity contribution in [3.8, 4) is 0 Å². The molecule has 4 rings (SSSR count). The first kappa shape index (κ1) is 19.6. The van der Waals surface area contributed by atoms with Gasteiger partial charge in [0.05, 0.1) is 11.7 Å². The van der Waals surface area contributed by atoms with Gasteiger partial charge in [-0.15, -0.1) is 11.3 Å². The van der Waals surface area contributed by atoms with Crippen LogP contribution in [0.15, 0.2) is 24.3 Å². The Morgan fingerprint density at radius 3 is 2.76 bits per heavy atom. The number of aryl methyl sites for hydroxylation is 4. The fourth-order valence-electron chi connectivity index (χ4n) is 3.90. The van der Waals surface area contributed by atoms with Crippen molar-refractivity contribution in [3.63, 3.8) is 0 Å². The van der Waals surface area contributed by atoms with E-state index in [0.29, 0.717) is 4.88 Å². The van der Waals surface area contributed by atoms with Crippen LogP contribution in [-0.2, 0) is 29.4 Å². The van der Waals surface area contributed by atoms with Gasteiger partial charge < -0.3 is 10.1 Å². The highest BCUT2D eigenvalue weighted by Crippen LogP contribution is 2.28. The summed E-state index contributed by atoms with van der Waals surface area (Å²) in [6, 6.07) is 8.09. The van der Waals surface area contributed by atoms with Crippen molar-refractivity contribution in [2.24, 2.45) is 7.05 Å². The van der Waals surface area contributed by atoms with Crippen LogP contribution in [0.1, 0.15) is 57.9 Å². The monoisotopic (exact) mass is 411 g/mol. The molecule has 29 heavy (non-hydrogen) atoms. The molecule has 1 amide bonds. The van der Waals surface area contributed by atoms with Gasteiger partial charge in [-0.2, -0.15) is 5.10 Å². The van der Waals surface area contributed by atoms with E-state index in [4.69, 9.17) is 4.74 Å². The standard InChI is InChI=1S/C22H25N3O3S/c1-13(16-9-8-15-6-4-5-7-17(15)10-16)23-20(26)12-28-22(27)19-11-18-14(2)24-25(3)21(18)29-19/h8-11,13H,4-7,12H2,1-3H3,(H,23,26). The highest BCUT2D eigenvalue weighted by atomic mass is 32.1. The number of nitrogens with zero attached hydrogens (tertiary/aromatic N) is 2. The van der Waals surface area contributed by atoms with E-state index in [1.807, 2.05) is 20.9 Å². The number of ether oxygens (including phenoxy) is 1. The maximum atomic E-state index is 12.3. The van der Waals surface area contributed by atoms with Crippen molar-refractivity contribution in [1.82, 2.24) is 15.1 Å². The molecule has 0 aliphatic heterocycles. The van der Waals surface area contributed by atoms with Gasteiger partial charge in [-0.25, -0.2) is 4.79 Å². The molecule has 2 heterocycles. The summed E-state index contributed by atoms with van der Waals surface area (Å²) in [5.41, 5.74) is 4.75. The number of carbonyl (C=O) groups excluding carboxylic acids is 2.